The Balaban J connectivity index is 1.62. The first-order chi connectivity index (χ1) is 12.6. The fraction of sp³-hybridized carbons (Fsp3) is 0.0556. The fourth-order valence-electron chi connectivity index (χ4n) is 2.50. The van der Waals surface area contributed by atoms with E-state index >= 15 is 0 Å². The molecule has 0 radical (unpaired) electrons. The Hall–Kier alpha value is -3.26. The monoisotopic (exact) mass is 368 g/mol. The lowest BCUT2D eigenvalue weighted by molar-refractivity contribution is 0.102. The summed E-state index contributed by atoms with van der Waals surface area (Å²) >= 11 is 1.41. The number of nitrogens with zero attached hydrogens (tertiary/aromatic N) is 3. The number of carbonyl (C=O) groups excluding carboxylic acids is 1. The van der Waals surface area contributed by atoms with E-state index in [9.17, 15) is 9.18 Å². The first kappa shape index (κ1) is 16.2. The molecule has 0 saturated carbocycles. The standard InChI is InChI=1S/C18H13FN4O2S/c1-25-14-7-5-11(6-8-14)15-10-26-18-21-17(22-23(15)18)20-16(24)12-3-2-4-13(19)9-12/h2-10H,1H3,(H,20,22,24). The fourth-order valence-corrected chi connectivity index (χ4v) is 3.33. The Morgan fingerprint density at radius 2 is 2.04 bits per heavy atom. The van der Waals surface area contributed by atoms with Crippen molar-refractivity contribution < 1.29 is 13.9 Å². The number of anilines is 1. The smallest absolute Gasteiger partial charge is 0.258 e. The number of benzene rings is 2. The van der Waals surface area contributed by atoms with Gasteiger partial charge in [0.2, 0.25) is 4.96 Å². The first-order valence-corrected chi connectivity index (χ1v) is 8.57. The Bertz CT molecular complexity index is 1090. The lowest BCUT2D eigenvalue weighted by Gasteiger charge is -2.02. The van der Waals surface area contributed by atoms with E-state index in [0.717, 1.165) is 23.1 Å². The molecule has 6 nitrogen and oxygen atoms in total. The molecule has 0 saturated heterocycles. The zero-order chi connectivity index (χ0) is 18.1. The second-order valence-electron chi connectivity index (χ2n) is 5.44. The van der Waals surface area contributed by atoms with E-state index in [1.54, 1.807) is 11.6 Å². The van der Waals surface area contributed by atoms with E-state index in [2.05, 4.69) is 15.4 Å². The molecule has 0 aliphatic heterocycles. The molecule has 130 valence electrons. The SMILES string of the molecule is COc1ccc(-c2csc3nc(NC(=O)c4cccc(F)c4)nn23)cc1. The number of rotatable bonds is 4. The van der Waals surface area contributed by atoms with Gasteiger partial charge in [0.1, 0.15) is 11.6 Å². The van der Waals surface area contributed by atoms with Crippen LogP contribution in [0, 0.1) is 5.82 Å². The van der Waals surface area contributed by atoms with E-state index in [4.69, 9.17) is 4.74 Å². The van der Waals surface area contributed by atoms with Crippen molar-refractivity contribution in [2.45, 2.75) is 0 Å². The topological polar surface area (TPSA) is 68.5 Å². The number of methoxy groups -OCH3 is 1. The summed E-state index contributed by atoms with van der Waals surface area (Å²) in [7, 11) is 1.61. The number of hydrogen-bond acceptors (Lipinski definition) is 5. The Kier molecular flexibility index (Phi) is 4.10. The molecule has 4 aromatic rings. The second kappa shape index (κ2) is 6.57. The van der Waals surface area contributed by atoms with Crippen LogP contribution in [0.4, 0.5) is 10.3 Å². The molecule has 1 N–H and O–H groups in total. The van der Waals surface area contributed by atoms with Gasteiger partial charge in [-0.3, -0.25) is 10.1 Å². The molecule has 0 aliphatic carbocycles. The second-order valence-corrected chi connectivity index (χ2v) is 6.28. The molecule has 1 amide bonds. The number of aromatic nitrogens is 3. The minimum absolute atomic E-state index is 0.167. The molecule has 2 aromatic carbocycles. The van der Waals surface area contributed by atoms with Crippen LogP contribution in [0.1, 0.15) is 10.4 Å². The zero-order valence-electron chi connectivity index (χ0n) is 13.6. The summed E-state index contributed by atoms with van der Waals surface area (Å²) in [5, 5.41) is 8.87. The third-order valence-electron chi connectivity index (χ3n) is 3.78. The third kappa shape index (κ3) is 3.02. The molecule has 26 heavy (non-hydrogen) atoms. The quantitative estimate of drug-likeness (QED) is 0.594. The highest BCUT2D eigenvalue weighted by atomic mass is 32.1. The molecule has 0 spiro atoms. The van der Waals surface area contributed by atoms with Gasteiger partial charge in [0, 0.05) is 16.5 Å². The summed E-state index contributed by atoms with van der Waals surface area (Å²) in [6.45, 7) is 0. The number of fused-ring (bicyclic) bond motifs is 1. The zero-order valence-corrected chi connectivity index (χ0v) is 14.5. The number of hydrogen-bond donors (Lipinski definition) is 1. The van der Waals surface area contributed by atoms with E-state index in [1.165, 1.54) is 29.5 Å². The highest BCUT2D eigenvalue weighted by Crippen LogP contribution is 2.27. The summed E-state index contributed by atoms with van der Waals surface area (Å²) < 4.78 is 20.1. The van der Waals surface area contributed by atoms with Gasteiger partial charge < -0.3 is 4.74 Å². The average molecular weight is 368 g/mol. The largest absolute Gasteiger partial charge is 0.497 e. The Labute approximate surface area is 151 Å². The molecule has 0 atom stereocenters. The number of carbonyl (C=O) groups is 1. The molecular formula is C18H13FN4O2S. The van der Waals surface area contributed by atoms with Gasteiger partial charge in [-0.15, -0.1) is 16.4 Å². The summed E-state index contributed by atoms with van der Waals surface area (Å²) in [5.74, 6) is -0.00490. The maximum atomic E-state index is 13.3. The molecule has 0 bridgehead atoms. The van der Waals surface area contributed by atoms with E-state index in [0.29, 0.717) is 4.96 Å². The van der Waals surface area contributed by atoms with E-state index in [1.807, 2.05) is 29.6 Å². The van der Waals surface area contributed by atoms with Crippen molar-refractivity contribution in [3.8, 4) is 17.0 Å². The lowest BCUT2D eigenvalue weighted by atomic mass is 10.2. The molecule has 0 unspecified atom stereocenters. The van der Waals surface area contributed by atoms with E-state index in [-0.39, 0.29) is 11.5 Å². The van der Waals surface area contributed by atoms with Crippen LogP contribution in [0.25, 0.3) is 16.2 Å². The molecular weight excluding hydrogens is 355 g/mol. The van der Waals surface area contributed by atoms with Crippen molar-refractivity contribution in [3.05, 3.63) is 65.3 Å². The van der Waals surface area contributed by atoms with Crippen LogP contribution >= 0.6 is 11.3 Å². The highest BCUT2D eigenvalue weighted by molar-refractivity contribution is 7.15. The van der Waals surface area contributed by atoms with Crippen LogP contribution in [0.5, 0.6) is 5.75 Å². The first-order valence-electron chi connectivity index (χ1n) is 7.69. The van der Waals surface area contributed by atoms with Crippen molar-refractivity contribution in [1.82, 2.24) is 14.6 Å². The number of thiazole rings is 1. The molecule has 4 rings (SSSR count). The predicted molar refractivity (Wildman–Crippen MR) is 97.2 cm³/mol. The van der Waals surface area contributed by atoms with Crippen LogP contribution in [0.15, 0.2) is 53.9 Å². The van der Waals surface area contributed by atoms with Crippen LogP contribution in [-0.2, 0) is 0 Å². The summed E-state index contributed by atoms with van der Waals surface area (Å²) in [6, 6.07) is 13.0. The lowest BCUT2D eigenvalue weighted by Crippen LogP contribution is -2.13. The van der Waals surface area contributed by atoms with Gasteiger partial charge in [-0.05, 0) is 42.5 Å². The number of ether oxygens (including phenoxy) is 1. The van der Waals surface area contributed by atoms with Crippen molar-refractivity contribution >= 4 is 28.2 Å². The van der Waals surface area contributed by atoms with Crippen LogP contribution in [0.3, 0.4) is 0 Å². The Morgan fingerprint density at radius 1 is 1.23 bits per heavy atom. The molecule has 0 aliphatic rings. The normalized spacial score (nSPS) is 10.8. The van der Waals surface area contributed by atoms with Crippen molar-refractivity contribution in [2.75, 3.05) is 12.4 Å². The molecule has 2 heterocycles. The van der Waals surface area contributed by atoms with Gasteiger partial charge in [-0.1, -0.05) is 6.07 Å². The minimum Gasteiger partial charge on any atom is -0.497 e. The Morgan fingerprint density at radius 3 is 2.77 bits per heavy atom. The third-order valence-corrected chi connectivity index (χ3v) is 4.60. The van der Waals surface area contributed by atoms with Crippen LogP contribution < -0.4 is 10.1 Å². The predicted octanol–water partition coefficient (Wildman–Crippen LogP) is 3.86. The summed E-state index contributed by atoms with van der Waals surface area (Å²) in [5.41, 5.74) is 2.01. The van der Waals surface area contributed by atoms with Crippen LogP contribution in [-0.4, -0.2) is 27.6 Å². The van der Waals surface area contributed by atoms with Gasteiger partial charge >= 0.3 is 0 Å². The average Bonchev–Trinajstić information content (AvgIpc) is 3.22. The van der Waals surface area contributed by atoms with Crippen molar-refractivity contribution in [2.24, 2.45) is 0 Å². The maximum absolute atomic E-state index is 13.3. The summed E-state index contributed by atoms with van der Waals surface area (Å²) in [6.07, 6.45) is 0. The number of amides is 1. The molecule has 0 fully saturated rings. The molecule has 2 aromatic heterocycles. The highest BCUT2D eigenvalue weighted by Gasteiger charge is 2.14. The van der Waals surface area contributed by atoms with Gasteiger partial charge in [0.15, 0.2) is 0 Å². The number of halogens is 1. The molecule has 8 heteroatoms. The number of nitrogens with one attached hydrogen (secondary N) is 1. The van der Waals surface area contributed by atoms with E-state index < -0.39 is 11.7 Å². The van der Waals surface area contributed by atoms with Crippen molar-refractivity contribution in [3.63, 3.8) is 0 Å². The van der Waals surface area contributed by atoms with Gasteiger partial charge in [-0.25, -0.2) is 8.91 Å². The maximum Gasteiger partial charge on any atom is 0.258 e. The summed E-state index contributed by atoms with van der Waals surface area (Å²) in [4.78, 5) is 17.2. The minimum atomic E-state index is -0.474. The van der Waals surface area contributed by atoms with Crippen LogP contribution in [0.2, 0.25) is 0 Å². The van der Waals surface area contributed by atoms with Gasteiger partial charge in [0.25, 0.3) is 11.9 Å². The van der Waals surface area contributed by atoms with Gasteiger partial charge in [0.05, 0.1) is 12.8 Å². The van der Waals surface area contributed by atoms with Crippen molar-refractivity contribution in [1.29, 1.82) is 0 Å². The van der Waals surface area contributed by atoms with Gasteiger partial charge in [-0.2, -0.15) is 4.98 Å².